The van der Waals surface area contributed by atoms with Gasteiger partial charge in [-0.25, -0.2) is 0 Å². The molecule has 4 aliphatic carbocycles. The third-order valence-electron chi connectivity index (χ3n) is 12.0. The molecule has 10 nitrogen and oxygen atoms in total. The van der Waals surface area contributed by atoms with Crippen molar-refractivity contribution >= 4 is 23.3 Å². The van der Waals surface area contributed by atoms with Gasteiger partial charge < -0.3 is 26.4 Å². The van der Waals surface area contributed by atoms with E-state index in [9.17, 15) is 47.7 Å². The fraction of sp³-hybridized carbons (Fsp3) is 0.697. The summed E-state index contributed by atoms with van der Waals surface area (Å²) in [5.41, 5.74) is -0.929. The minimum absolute atomic E-state index is 0.0646. The topological polar surface area (TPSA) is 170 Å². The number of likely N-dealkylation sites (N-methyl/N-ethyl adjacent to an activating group) is 1. The number of benzene rings is 1. The Kier molecular flexibility index (Phi) is 7.97. The molecule has 1 amide bonds. The van der Waals surface area contributed by atoms with Crippen LogP contribution in [-0.4, -0.2) is 80.9 Å². The maximum absolute atomic E-state index is 14.8. The Labute approximate surface area is 264 Å². The molecular weight excluding hydrogens is 607 g/mol. The second-order valence-electron chi connectivity index (χ2n) is 14.0. The van der Waals surface area contributed by atoms with Crippen LogP contribution in [0.3, 0.4) is 0 Å². The number of aliphatic hydroxyl groups is 2. The van der Waals surface area contributed by atoms with Gasteiger partial charge >= 0.3 is 6.18 Å². The van der Waals surface area contributed by atoms with Crippen LogP contribution in [0.15, 0.2) is 6.07 Å². The molecule has 1 saturated heterocycles. The van der Waals surface area contributed by atoms with Crippen LogP contribution in [0, 0.1) is 35.0 Å². The van der Waals surface area contributed by atoms with E-state index in [1.165, 1.54) is 0 Å². The molecule has 5 aliphatic rings. The lowest BCUT2D eigenvalue weighted by molar-refractivity contribution is -0.284. The molecule has 46 heavy (non-hydrogen) atoms. The van der Waals surface area contributed by atoms with E-state index in [-0.39, 0.29) is 24.0 Å². The summed E-state index contributed by atoms with van der Waals surface area (Å²) in [5, 5.41) is 38.3. The number of halogens is 3. The SMILES string of the molecule is CCCN(CC)C1C(=O)C(C(N)=O)C2(C(C)CC2O)C2(O)C(=O)C3C(=O)c4c(O)cc(C5CCCN5)c(C(F)(F)F)c4CC3CC12. The molecule has 10 atom stereocenters. The number of nitrogens with one attached hydrogen (secondary N) is 1. The van der Waals surface area contributed by atoms with Crippen LogP contribution in [0.1, 0.15) is 86.0 Å². The Hall–Kier alpha value is -2.87. The standard InChI is InChI=1S/C33H42F3N3O7/c1-4-9-39(5-2)26-18-12-15-11-17-23(20(40)13-16(19-7-6-8-38-19)24(17)33(34,35)36)27(42)22(15)29(44)32(18,46)31(14(3)10-21(31)41)25(28(26)43)30(37)45/h13-15,18-19,21-22,25-26,38,40-41,46H,4-12H2,1-3H3,(H2,37,45). The molecule has 0 aromatic heterocycles. The number of nitrogens with zero attached hydrogens (tertiary/aromatic N) is 1. The molecular formula is C33H42F3N3O7. The lowest BCUT2D eigenvalue weighted by Gasteiger charge is -2.69. The van der Waals surface area contributed by atoms with Crippen LogP contribution in [0.25, 0.3) is 0 Å². The first-order chi connectivity index (χ1) is 21.6. The first kappa shape index (κ1) is 33.0. The maximum atomic E-state index is 14.8. The molecule has 1 aromatic rings. The zero-order valence-corrected chi connectivity index (χ0v) is 26.2. The Morgan fingerprint density at radius 1 is 1.20 bits per heavy atom. The van der Waals surface area contributed by atoms with Crippen molar-refractivity contribution in [2.75, 3.05) is 19.6 Å². The summed E-state index contributed by atoms with van der Waals surface area (Å²) in [4.78, 5) is 58.2. The summed E-state index contributed by atoms with van der Waals surface area (Å²) in [7, 11) is 0. The number of nitrogens with two attached hydrogens (primary N) is 1. The van der Waals surface area contributed by atoms with Crippen molar-refractivity contribution in [3.05, 3.63) is 28.3 Å². The highest BCUT2D eigenvalue weighted by Crippen LogP contribution is 2.68. The number of amides is 1. The third-order valence-corrected chi connectivity index (χ3v) is 12.0. The first-order valence-electron chi connectivity index (χ1n) is 16.3. The minimum atomic E-state index is -4.88. The van der Waals surface area contributed by atoms with Gasteiger partial charge in [-0.3, -0.25) is 24.1 Å². The number of ketones is 3. The average Bonchev–Trinajstić information content (AvgIpc) is 3.51. The highest BCUT2D eigenvalue weighted by molar-refractivity contribution is 6.18. The number of aliphatic hydroxyl groups excluding tert-OH is 1. The molecule has 1 heterocycles. The Bertz CT molecular complexity index is 1480. The van der Waals surface area contributed by atoms with Crippen molar-refractivity contribution in [3.63, 3.8) is 0 Å². The van der Waals surface area contributed by atoms with Crippen LogP contribution < -0.4 is 11.1 Å². The van der Waals surface area contributed by atoms with Gasteiger partial charge in [0.05, 0.1) is 34.6 Å². The van der Waals surface area contributed by atoms with E-state index in [1.54, 1.807) is 18.7 Å². The van der Waals surface area contributed by atoms with E-state index in [1.807, 2.05) is 6.92 Å². The minimum Gasteiger partial charge on any atom is -0.507 e. The summed E-state index contributed by atoms with van der Waals surface area (Å²) < 4.78 is 44.5. The predicted octanol–water partition coefficient (Wildman–Crippen LogP) is 2.30. The molecule has 0 radical (unpaired) electrons. The number of fused-ring (bicyclic) bond motifs is 4. The van der Waals surface area contributed by atoms with Gasteiger partial charge in [-0.2, -0.15) is 13.2 Å². The highest BCUT2D eigenvalue weighted by atomic mass is 19.4. The lowest BCUT2D eigenvalue weighted by Crippen LogP contribution is -2.84. The van der Waals surface area contributed by atoms with Crippen molar-refractivity contribution in [2.45, 2.75) is 89.3 Å². The van der Waals surface area contributed by atoms with E-state index in [0.29, 0.717) is 38.9 Å². The monoisotopic (exact) mass is 649 g/mol. The van der Waals surface area contributed by atoms with Gasteiger partial charge in [0.1, 0.15) is 17.3 Å². The van der Waals surface area contributed by atoms with Crippen LogP contribution in [0.4, 0.5) is 13.2 Å². The fourth-order valence-corrected chi connectivity index (χ4v) is 10.3. The van der Waals surface area contributed by atoms with Gasteiger partial charge in [-0.15, -0.1) is 0 Å². The number of primary amides is 1. The van der Waals surface area contributed by atoms with Gasteiger partial charge in [-0.05, 0) is 87.2 Å². The number of hydrogen-bond acceptors (Lipinski definition) is 9. The molecule has 252 valence electrons. The predicted molar refractivity (Wildman–Crippen MR) is 157 cm³/mol. The molecule has 6 N–H and O–H groups in total. The summed E-state index contributed by atoms with van der Waals surface area (Å²) in [6, 6.07) is -0.933. The van der Waals surface area contributed by atoms with Gasteiger partial charge in [0.25, 0.3) is 0 Å². The summed E-state index contributed by atoms with van der Waals surface area (Å²) in [5.74, 6) is -10.9. The maximum Gasteiger partial charge on any atom is 0.417 e. The summed E-state index contributed by atoms with van der Waals surface area (Å²) in [6.45, 7) is 6.39. The zero-order valence-electron chi connectivity index (χ0n) is 26.2. The fourth-order valence-electron chi connectivity index (χ4n) is 10.3. The molecule has 1 aliphatic heterocycles. The normalized spacial score (nSPS) is 38.8. The lowest BCUT2D eigenvalue weighted by atomic mass is 9.35. The Balaban J connectivity index is 1.57. The molecule has 10 unspecified atom stereocenters. The largest absolute Gasteiger partial charge is 0.507 e. The highest BCUT2D eigenvalue weighted by Gasteiger charge is 2.81. The Morgan fingerprint density at radius 2 is 1.89 bits per heavy atom. The number of aromatic hydroxyl groups is 1. The third kappa shape index (κ3) is 4.16. The molecule has 1 spiro atoms. The van der Waals surface area contributed by atoms with Crippen molar-refractivity contribution in [3.8, 4) is 5.75 Å². The van der Waals surface area contributed by atoms with E-state index in [2.05, 4.69) is 5.32 Å². The number of alkyl halides is 3. The average molecular weight is 650 g/mol. The van der Waals surface area contributed by atoms with Crippen molar-refractivity contribution in [1.29, 1.82) is 0 Å². The number of carbonyl (C=O) groups is 4. The molecule has 3 saturated carbocycles. The zero-order chi connectivity index (χ0) is 33.7. The second kappa shape index (κ2) is 11.1. The number of phenols is 1. The molecule has 6 rings (SSSR count). The molecule has 4 fully saturated rings. The Morgan fingerprint density at radius 3 is 2.41 bits per heavy atom. The van der Waals surface area contributed by atoms with E-state index in [0.717, 1.165) is 6.07 Å². The van der Waals surface area contributed by atoms with Crippen LogP contribution in [-0.2, 0) is 27.0 Å². The van der Waals surface area contributed by atoms with Crippen molar-refractivity contribution < 1.29 is 47.7 Å². The van der Waals surface area contributed by atoms with Gasteiger partial charge in [0.2, 0.25) is 5.91 Å². The number of rotatable bonds is 6. The van der Waals surface area contributed by atoms with E-state index >= 15 is 0 Å². The summed E-state index contributed by atoms with van der Waals surface area (Å²) in [6.07, 6.45) is -5.25. The number of phenolic OH excluding ortho intramolecular Hbond substituents is 1. The van der Waals surface area contributed by atoms with Crippen molar-refractivity contribution in [1.82, 2.24) is 10.2 Å². The van der Waals surface area contributed by atoms with Gasteiger partial charge in [-0.1, -0.05) is 20.8 Å². The molecule has 1 aromatic carbocycles. The van der Waals surface area contributed by atoms with Crippen molar-refractivity contribution in [2.24, 2.45) is 40.7 Å². The van der Waals surface area contributed by atoms with Crippen LogP contribution in [0.2, 0.25) is 0 Å². The van der Waals surface area contributed by atoms with Crippen LogP contribution in [0.5, 0.6) is 5.75 Å². The van der Waals surface area contributed by atoms with E-state index in [4.69, 9.17) is 5.73 Å². The quantitative estimate of drug-likeness (QED) is 0.290. The molecule has 13 heteroatoms. The second-order valence-corrected chi connectivity index (χ2v) is 14.0. The summed E-state index contributed by atoms with van der Waals surface area (Å²) >= 11 is 0. The number of hydrogen-bond donors (Lipinski definition) is 5. The molecule has 0 bridgehead atoms. The van der Waals surface area contributed by atoms with Crippen LogP contribution >= 0.6 is 0 Å². The number of carbonyl (C=O) groups excluding carboxylic acids is 4. The van der Waals surface area contributed by atoms with Gasteiger partial charge in [0, 0.05) is 12.0 Å². The first-order valence-corrected chi connectivity index (χ1v) is 16.3. The van der Waals surface area contributed by atoms with Gasteiger partial charge in [0.15, 0.2) is 17.3 Å². The number of Topliss-reactive ketones (excluding diaryl/α,β-unsaturated/α-hetero) is 3. The van der Waals surface area contributed by atoms with E-state index < -0.39 is 112 Å². The smallest absolute Gasteiger partial charge is 0.417 e.